The van der Waals surface area contributed by atoms with Gasteiger partial charge < -0.3 is 5.32 Å². The van der Waals surface area contributed by atoms with Gasteiger partial charge in [0.15, 0.2) is 0 Å². The molecule has 98 valence electrons. The number of nitrogens with one attached hydrogen (secondary N) is 1. The van der Waals surface area contributed by atoms with Crippen molar-refractivity contribution in [1.82, 2.24) is 4.98 Å². The Labute approximate surface area is 132 Å². The zero-order chi connectivity index (χ0) is 14.0. The first kappa shape index (κ1) is 14.5. The number of rotatable bonds is 2. The van der Waals surface area contributed by atoms with Crippen LogP contribution in [0.1, 0.15) is 16.1 Å². The molecule has 0 aliphatic carbocycles. The summed E-state index contributed by atoms with van der Waals surface area (Å²) in [7, 11) is 0. The van der Waals surface area contributed by atoms with Crippen molar-refractivity contribution in [3.63, 3.8) is 0 Å². The van der Waals surface area contributed by atoms with Crippen LogP contribution in [0.4, 0.5) is 5.69 Å². The number of benzene rings is 1. The average Bonchev–Trinajstić information content (AvgIpc) is 2.36. The van der Waals surface area contributed by atoms with Gasteiger partial charge in [-0.05, 0) is 69.1 Å². The van der Waals surface area contributed by atoms with Crippen LogP contribution in [0, 0.1) is 6.92 Å². The first-order valence-electron chi connectivity index (χ1n) is 5.37. The third-order valence-corrected chi connectivity index (χ3v) is 4.16. The lowest BCUT2D eigenvalue weighted by molar-refractivity contribution is 0.102. The lowest BCUT2D eigenvalue weighted by Gasteiger charge is -2.08. The summed E-state index contributed by atoms with van der Waals surface area (Å²) in [4.78, 5) is 16.3. The minimum Gasteiger partial charge on any atom is -0.320 e. The van der Waals surface area contributed by atoms with Gasteiger partial charge >= 0.3 is 0 Å². The van der Waals surface area contributed by atoms with E-state index in [1.807, 2.05) is 6.92 Å². The van der Waals surface area contributed by atoms with Gasteiger partial charge in [0, 0.05) is 10.0 Å². The molecule has 0 radical (unpaired) electrons. The molecule has 1 amide bonds. The number of carbonyl (C=O) groups excluding carboxylic acids is 1. The number of hydrogen-bond donors (Lipinski definition) is 1. The van der Waals surface area contributed by atoms with Crippen molar-refractivity contribution in [2.75, 3.05) is 5.32 Å². The third kappa shape index (κ3) is 3.55. The number of halogens is 3. The van der Waals surface area contributed by atoms with E-state index >= 15 is 0 Å². The van der Waals surface area contributed by atoms with Gasteiger partial charge in [-0.15, -0.1) is 0 Å². The molecule has 0 aliphatic heterocycles. The number of amides is 1. The molecular weight excluding hydrogens is 395 g/mol. The van der Waals surface area contributed by atoms with Crippen molar-refractivity contribution in [2.24, 2.45) is 0 Å². The van der Waals surface area contributed by atoms with E-state index in [1.54, 1.807) is 30.3 Å². The van der Waals surface area contributed by atoms with Crippen LogP contribution in [-0.4, -0.2) is 10.9 Å². The minimum absolute atomic E-state index is 0.221. The molecule has 19 heavy (non-hydrogen) atoms. The molecule has 2 aromatic rings. The predicted octanol–water partition coefficient (Wildman–Crippen LogP) is 4.82. The highest BCUT2D eigenvalue weighted by Gasteiger charge is 2.10. The lowest BCUT2D eigenvalue weighted by atomic mass is 10.2. The van der Waals surface area contributed by atoms with Gasteiger partial charge in [0.2, 0.25) is 0 Å². The van der Waals surface area contributed by atoms with Crippen LogP contribution in [0.25, 0.3) is 0 Å². The number of nitrogens with zero attached hydrogens (tertiary/aromatic N) is 1. The van der Waals surface area contributed by atoms with E-state index in [0.29, 0.717) is 16.3 Å². The molecule has 0 fully saturated rings. The van der Waals surface area contributed by atoms with E-state index in [-0.39, 0.29) is 5.91 Å². The zero-order valence-corrected chi connectivity index (χ0v) is 13.8. The average molecular weight is 404 g/mol. The quantitative estimate of drug-likeness (QED) is 0.729. The van der Waals surface area contributed by atoms with E-state index < -0.39 is 0 Å². The Bertz CT molecular complexity index is 647. The first-order valence-corrected chi connectivity index (χ1v) is 7.33. The van der Waals surface area contributed by atoms with Gasteiger partial charge in [0.05, 0.1) is 16.4 Å². The van der Waals surface area contributed by atoms with E-state index in [1.165, 1.54) is 0 Å². The monoisotopic (exact) mass is 402 g/mol. The van der Waals surface area contributed by atoms with Gasteiger partial charge in [-0.2, -0.15) is 0 Å². The molecule has 0 atom stereocenters. The Balaban J connectivity index is 2.23. The van der Waals surface area contributed by atoms with E-state index in [4.69, 9.17) is 11.6 Å². The highest BCUT2D eigenvalue weighted by atomic mass is 79.9. The standard InChI is InChI=1S/C13H9Br2ClN2O/c1-7-11(4-5-12(15)17-7)18-13(19)8-2-3-9(14)10(16)6-8/h2-6H,1H3,(H,18,19). The third-order valence-electron chi connectivity index (χ3n) is 2.48. The van der Waals surface area contributed by atoms with Crippen LogP contribution in [0.15, 0.2) is 39.4 Å². The number of anilines is 1. The fourth-order valence-electron chi connectivity index (χ4n) is 1.49. The molecule has 3 nitrogen and oxygen atoms in total. The number of hydrogen-bond acceptors (Lipinski definition) is 2. The molecule has 0 aliphatic rings. The van der Waals surface area contributed by atoms with Gasteiger partial charge in [0.1, 0.15) is 4.60 Å². The number of aromatic nitrogens is 1. The van der Waals surface area contributed by atoms with Crippen molar-refractivity contribution in [2.45, 2.75) is 6.92 Å². The largest absolute Gasteiger partial charge is 0.320 e. The molecule has 0 spiro atoms. The molecule has 0 unspecified atom stereocenters. The van der Waals surface area contributed by atoms with Crippen LogP contribution >= 0.6 is 43.5 Å². The Morgan fingerprint density at radius 2 is 2.00 bits per heavy atom. The zero-order valence-electron chi connectivity index (χ0n) is 9.88. The predicted molar refractivity (Wildman–Crippen MR) is 83.8 cm³/mol. The van der Waals surface area contributed by atoms with Crippen LogP contribution in [0.2, 0.25) is 5.02 Å². The Hall–Kier alpha value is -0.910. The fraction of sp³-hybridized carbons (Fsp3) is 0.0769. The van der Waals surface area contributed by atoms with Crippen LogP contribution in [0.5, 0.6) is 0 Å². The molecule has 2 rings (SSSR count). The van der Waals surface area contributed by atoms with Crippen molar-refractivity contribution >= 4 is 55.1 Å². The molecule has 1 aromatic heterocycles. The normalized spacial score (nSPS) is 10.3. The number of carbonyl (C=O) groups is 1. The van der Waals surface area contributed by atoms with Crippen molar-refractivity contribution in [1.29, 1.82) is 0 Å². The SMILES string of the molecule is Cc1nc(Br)ccc1NC(=O)c1ccc(Br)c(Cl)c1. The van der Waals surface area contributed by atoms with Crippen LogP contribution in [-0.2, 0) is 0 Å². The summed E-state index contributed by atoms with van der Waals surface area (Å²) in [6.07, 6.45) is 0. The fourth-order valence-corrected chi connectivity index (χ4v) is 2.32. The summed E-state index contributed by atoms with van der Waals surface area (Å²) in [5.41, 5.74) is 1.91. The molecule has 1 N–H and O–H groups in total. The van der Waals surface area contributed by atoms with Crippen molar-refractivity contribution in [3.8, 4) is 0 Å². The first-order chi connectivity index (χ1) is 8.97. The molecule has 0 saturated carbocycles. The Kier molecular flexibility index (Phi) is 4.60. The van der Waals surface area contributed by atoms with E-state index in [9.17, 15) is 4.79 Å². The highest BCUT2D eigenvalue weighted by molar-refractivity contribution is 9.10. The molecule has 6 heteroatoms. The smallest absolute Gasteiger partial charge is 0.255 e. The van der Waals surface area contributed by atoms with Gasteiger partial charge in [-0.1, -0.05) is 11.6 Å². The molecule has 1 aromatic carbocycles. The summed E-state index contributed by atoms with van der Waals surface area (Å²) in [6, 6.07) is 8.63. The molecule has 0 saturated heterocycles. The molecule has 0 bridgehead atoms. The van der Waals surface area contributed by atoms with Crippen molar-refractivity contribution in [3.05, 3.63) is 55.7 Å². The summed E-state index contributed by atoms with van der Waals surface area (Å²) >= 11 is 12.5. The second kappa shape index (κ2) is 6.03. The maximum Gasteiger partial charge on any atom is 0.255 e. The van der Waals surface area contributed by atoms with Gasteiger partial charge in [-0.25, -0.2) is 4.98 Å². The van der Waals surface area contributed by atoms with Gasteiger partial charge in [0.25, 0.3) is 5.91 Å². The Morgan fingerprint density at radius 3 is 2.63 bits per heavy atom. The number of pyridine rings is 1. The van der Waals surface area contributed by atoms with Gasteiger partial charge in [-0.3, -0.25) is 4.79 Å². The molecular formula is C13H9Br2ClN2O. The van der Waals surface area contributed by atoms with E-state index in [2.05, 4.69) is 42.2 Å². The van der Waals surface area contributed by atoms with Crippen LogP contribution < -0.4 is 5.32 Å². The highest BCUT2D eigenvalue weighted by Crippen LogP contribution is 2.24. The topological polar surface area (TPSA) is 42.0 Å². The van der Waals surface area contributed by atoms with Crippen LogP contribution in [0.3, 0.4) is 0 Å². The second-order valence-electron chi connectivity index (χ2n) is 3.85. The number of aryl methyl sites for hydroxylation is 1. The van der Waals surface area contributed by atoms with Crippen molar-refractivity contribution < 1.29 is 4.79 Å². The van der Waals surface area contributed by atoms with E-state index in [0.717, 1.165) is 14.8 Å². The summed E-state index contributed by atoms with van der Waals surface area (Å²) < 4.78 is 1.49. The summed E-state index contributed by atoms with van der Waals surface area (Å²) in [5, 5.41) is 3.30. The lowest BCUT2D eigenvalue weighted by Crippen LogP contribution is -2.13. The second-order valence-corrected chi connectivity index (χ2v) is 5.92. The maximum atomic E-state index is 12.1. The summed E-state index contributed by atoms with van der Waals surface area (Å²) in [6.45, 7) is 1.83. The maximum absolute atomic E-state index is 12.1. The Morgan fingerprint density at radius 1 is 1.26 bits per heavy atom. The minimum atomic E-state index is -0.221. The molecule has 1 heterocycles. The summed E-state index contributed by atoms with van der Waals surface area (Å²) in [5.74, 6) is -0.221.